The second-order valence-electron chi connectivity index (χ2n) is 7.48. The van der Waals surface area contributed by atoms with Crippen molar-refractivity contribution in [2.75, 3.05) is 37.9 Å². The molecule has 0 radical (unpaired) electrons. The molecule has 2 heterocycles. The molecule has 2 aliphatic rings. The third-order valence-corrected chi connectivity index (χ3v) is 6.02. The highest BCUT2D eigenvalue weighted by atomic mass is 35.5. The largest absolute Gasteiger partial charge is 0.379 e. The molecule has 29 heavy (non-hydrogen) atoms. The van der Waals surface area contributed by atoms with Crippen molar-refractivity contribution >= 4 is 29.0 Å². The van der Waals surface area contributed by atoms with E-state index >= 15 is 0 Å². The van der Waals surface area contributed by atoms with Crippen molar-refractivity contribution in [3.05, 3.63) is 64.7 Å². The molecule has 1 fully saturated rings. The van der Waals surface area contributed by atoms with Crippen molar-refractivity contribution in [3.8, 4) is 0 Å². The van der Waals surface area contributed by atoms with Gasteiger partial charge in [0.2, 0.25) is 0 Å². The first-order chi connectivity index (χ1) is 13.9. The van der Waals surface area contributed by atoms with Crippen LogP contribution in [0.1, 0.15) is 22.8 Å². The number of benzene rings is 2. The van der Waals surface area contributed by atoms with E-state index in [1.807, 2.05) is 12.1 Å². The lowest BCUT2D eigenvalue weighted by Gasteiger charge is -2.32. The van der Waals surface area contributed by atoms with Gasteiger partial charge in [0.1, 0.15) is 0 Å². The molecule has 2 aromatic carbocycles. The van der Waals surface area contributed by atoms with E-state index in [9.17, 15) is 14.7 Å². The van der Waals surface area contributed by atoms with E-state index in [0.717, 1.165) is 0 Å². The summed E-state index contributed by atoms with van der Waals surface area (Å²) in [7, 11) is 0. The molecule has 0 aliphatic carbocycles. The number of ether oxygens (including phenoxy) is 1. The summed E-state index contributed by atoms with van der Waals surface area (Å²) in [4.78, 5) is 30.2. The second-order valence-corrected chi connectivity index (χ2v) is 7.92. The van der Waals surface area contributed by atoms with Crippen molar-refractivity contribution in [2.24, 2.45) is 5.92 Å². The molecule has 0 saturated carbocycles. The van der Waals surface area contributed by atoms with Crippen LogP contribution in [0.3, 0.4) is 0 Å². The number of amides is 1. The minimum absolute atomic E-state index is 0.305. The van der Waals surface area contributed by atoms with Crippen LogP contribution in [0.4, 0.5) is 5.69 Å². The summed E-state index contributed by atoms with van der Waals surface area (Å²) in [6.45, 7) is 4.60. The van der Waals surface area contributed by atoms with Crippen LogP contribution in [0.15, 0.2) is 48.5 Å². The zero-order chi connectivity index (χ0) is 20.6. The van der Waals surface area contributed by atoms with Gasteiger partial charge in [-0.25, -0.2) is 0 Å². The Morgan fingerprint density at radius 2 is 1.83 bits per heavy atom. The Kier molecular flexibility index (Phi) is 5.44. The van der Waals surface area contributed by atoms with Gasteiger partial charge in [-0.05, 0) is 30.3 Å². The Morgan fingerprint density at radius 3 is 2.52 bits per heavy atom. The maximum atomic E-state index is 13.4. The van der Waals surface area contributed by atoms with Gasteiger partial charge in [0.15, 0.2) is 11.4 Å². The SMILES string of the molecule is C[C@H](C(=O)c1ccc(Cl)cc1)[C@]1(O)C(=O)N(CN2CCOCC2)c2ccccc21. The third kappa shape index (κ3) is 3.46. The number of fused-ring (bicyclic) bond motifs is 1. The molecule has 2 aliphatic heterocycles. The van der Waals surface area contributed by atoms with Gasteiger partial charge in [-0.1, -0.05) is 36.7 Å². The molecule has 2 atom stereocenters. The summed E-state index contributed by atoms with van der Waals surface area (Å²) in [5.74, 6) is -1.73. The Balaban J connectivity index is 1.67. The number of Topliss-reactive ketones (excluding diaryl/α,β-unsaturated/α-hetero) is 1. The van der Waals surface area contributed by atoms with Crippen LogP contribution in [-0.2, 0) is 15.1 Å². The van der Waals surface area contributed by atoms with Gasteiger partial charge in [0.25, 0.3) is 5.91 Å². The monoisotopic (exact) mass is 414 g/mol. The maximum absolute atomic E-state index is 13.4. The summed E-state index contributed by atoms with van der Waals surface area (Å²) >= 11 is 5.92. The van der Waals surface area contributed by atoms with Crippen molar-refractivity contribution in [1.29, 1.82) is 0 Å². The highest BCUT2D eigenvalue weighted by Gasteiger charge is 2.55. The summed E-state index contributed by atoms with van der Waals surface area (Å²) in [6, 6.07) is 13.6. The molecule has 152 valence electrons. The first-order valence-electron chi connectivity index (χ1n) is 9.66. The zero-order valence-electron chi connectivity index (χ0n) is 16.2. The van der Waals surface area contributed by atoms with E-state index in [4.69, 9.17) is 16.3 Å². The number of carbonyl (C=O) groups is 2. The lowest BCUT2D eigenvalue weighted by molar-refractivity contribution is -0.140. The number of morpholine rings is 1. The normalized spacial score (nSPS) is 23.1. The van der Waals surface area contributed by atoms with E-state index in [-0.39, 0.29) is 5.78 Å². The van der Waals surface area contributed by atoms with Crippen molar-refractivity contribution in [2.45, 2.75) is 12.5 Å². The van der Waals surface area contributed by atoms with E-state index in [0.29, 0.717) is 54.8 Å². The number of para-hydroxylation sites is 1. The molecule has 1 N–H and O–H groups in total. The lowest BCUT2D eigenvalue weighted by atomic mass is 9.79. The Hall–Kier alpha value is -2.25. The number of rotatable bonds is 5. The van der Waals surface area contributed by atoms with Crippen LogP contribution < -0.4 is 4.90 Å². The van der Waals surface area contributed by atoms with Gasteiger partial charge in [-0.2, -0.15) is 0 Å². The average Bonchev–Trinajstić information content (AvgIpc) is 2.97. The van der Waals surface area contributed by atoms with Gasteiger partial charge in [0, 0.05) is 29.2 Å². The number of carbonyl (C=O) groups excluding carboxylic acids is 2. The van der Waals surface area contributed by atoms with Gasteiger partial charge in [-0.3, -0.25) is 19.4 Å². The smallest absolute Gasteiger partial charge is 0.265 e. The molecule has 0 spiro atoms. The number of hydrogen-bond acceptors (Lipinski definition) is 5. The Morgan fingerprint density at radius 1 is 1.17 bits per heavy atom. The van der Waals surface area contributed by atoms with Gasteiger partial charge >= 0.3 is 0 Å². The zero-order valence-corrected chi connectivity index (χ0v) is 16.9. The quantitative estimate of drug-likeness (QED) is 0.762. The molecule has 4 rings (SSSR count). The molecule has 2 aromatic rings. The van der Waals surface area contributed by atoms with Crippen molar-refractivity contribution in [1.82, 2.24) is 4.90 Å². The lowest BCUT2D eigenvalue weighted by Crippen LogP contribution is -2.51. The summed E-state index contributed by atoms with van der Waals surface area (Å²) in [5, 5.41) is 12.1. The van der Waals surface area contributed by atoms with Crippen LogP contribution in [0.5, 0.6) is 0 Å². The Bertz CT molecular complexity index is 927. The third-order valence-electron chi connectivity index (χ3n) is 5.77. The van der Waals surface area contributed by atoms with E-state index in [1.165, 1.54) is 0 Å². The topological polar surface area (TPSA) is 70.1 Å². The summed E-state index contributed by atoms with van der Waals surface area (Å²) in [5.41, 5.74) is -0.401. The van der Waals surface area contributed by atoms with Crippen LogP contribution in [0, 0.1) is 5.92 Å². The van der Waals surface area contributed by atoms with Gasteiger partial charge in [-0.15, -0.1) is 0 Å². The number of aliphatic hydroxyl groups is 1. The highest BCUT2D eigenvalue weighted by molar-refractivity contribution is 6.30. The average molecular weight is 415 g/mol. The molecular weight excluding hydrogens is 392 g/mol. The van der Waals surface area contributed by atoms with E-state index in [2.05, 4.69) is 4.90 Å². The second kappa shape index (κ2) is 7.88. The number of anilines is 1. The first-order valence-corrected chi connectivity index (χ1v) is 10.0. The standard InChI is InChI=1S/C22H23ClN2O4/c1-15(20(26)16-6-8-17(23)9-7-16)22(28)18-4-2-3-5-19(18)25(21(22)27)14-24-10-12-29-13-11-24/h2-9,15,28H,10-14H2,1H3/t15-,22-/m1/s1. The molecule has 0 aromatic heterocycles. The van der Waals surface area contributed by atoms with Crippen molar-refractivity contribution < 1.29 is 19.4 Å². The maximum Gasteiger partial charge on any atom is 0.265 e. The molecule has 1 amide bonds. The summed E-state index contributed by atoms with van der Waals surface area (Å²) in [6.07, 6.45) is 0. The molecule has 6 nitrogen and oxygen atoms in total. The number of ketones is 1. The molecule has 0 unspecified atom stereocenters. The molecule has 7 heteroatoms. The highest BCUT2D eigenvalue weighted by Crippen LogP contribution is 2.45. The fraction of sp³-hybridized carbons (Fsp3) is 0.364. The van der Waals surface area contributed by atoms with Crippen LogP contribution in [0.2, 0.25) is 5.02 Å². The van der Waals surface area contributed by atoms with E-state index < -0.39 is 17.4 Å². The fourth-order valence-corrected chi connectivity index (χ4v) is 4.14. The summed E-state index contributed by atoms with van der Waals surface area (Å²) < 4.78 is 5.38. The Labute approximate surface area is 174 Å². The van der Waals surface area contributed by atoms with Crippen LogP contribution >= 0.6 is 11.6 Å². The van der Waals surface area contributed by atoms with E-state index in [1.54, 1.807) is 48.2 Å². The van der Waals surface area contributed by atoms with Crippen LogP contribution in [0.25, 0.3) is 0 Å². The molecule has 0 bridgehead atoms. The van der Waals surface area contributed by atoms with Crippen LogP contribution in [-0.4, -0.2) is 54.7 Å². The molecular formula is C22H23ClN2O4. The van der Waals surface area contributed by atoms with Crippen molar-refractivity contribution in [3.63, 3.8) is 0 Å². The minimum atomic E-state index is -1.92. The van der Waals surface area contributed by atoms with Gasteiger partial charge in [0.05, 0.1) is 31.5 Å². The number of nitrogens with zero attached hydrogens (tertiary/aromatic N) is 2. The minimum Gasteiger partial charge on any atom is -0.379 e. The predicted molar refractivity (Wildman–Crippen MR) is 110 cm³/mol. The molecule has 1 saturated heterocycles. The first kappa shape index (κ1) is 20.0. The fourth-order valence-electron chi connectivity index (χ4n) is 4.02. The number of halogens is 1. The predicted octanol–water partition coefficient (Wildman–Crippen LogP) is 2.68. The number of hydrogen-bond donors (Lipinski definition) is 1. The van der Waals surface area contributed by atoms with Gasteiger partial charge < -0.3 is 9.84 Å².